The molecule has 0 spiro atoms. The summed E-state index contributed by atoms with van der Waals surface area (Å²) in [6.45, 7) is 1.39. The average Bonchev–Trinajstić information content (AvgIpc) is 2.86. The first-order valence-electron chi connectivity index (χ1n) is 11.8. The number of rotatable bonds is 8. The molecule has 15 atom stereocenters. The molecule has 0 radical (unpaired) electrons. The van der Waals surface area contributed by atoms with Crippen molar-refractivity contribution in [2.75, 3.05) is 19.8 Å². The van der Waals surface area contributed by atoms with Crippen molar-refractivity contribution in [1.82, 2.24) is 0 Å². The van der Waals surface area contributed by atoms with Gasteiger partial charge in [0, 0.05) is 0 Å². The Bertz CT molecular complexity index is 680. The van der Waals surface area contributed by atoms with Crippen LogP contribution in [0.2, 0.25) is 0 Å². The molecule has 1 unspecified atom stereocenters. The zero-order valence-electron chi connectivity index (χ0n) is 19.9. The number of aliphatic hydroxyl groups excluding tert-OH is 10. The van der Waals surface area contributed by atoms with Crippen molar-refractivity contribution in [3.05, 3.63) is 0 Å². The van der Waals surface area contributed by atoms with E-state index in [0.29, 0.717) is 0 Å². The molecule has 0 aliphatic carbocycles. The minimum atomic E-state index is -1.81. The first-order valence-corrected chi connectivity index (χ1v) is 11.8. The molecule has 212 valence electrons. The maximum atomic E-state index is 10.9. The molecule has 15 nitrogen and oxygen atoms in total. The van der Waals surface area contributed by atoms with Crippen molar-refractivity contribution in [2.45, 2.75) is 106 Å². The van der Waals surface area contributed by atoms with E-state index < -0.39 is 112 Å². The van der Waals surface area contributed by atoms with Gasteiger partial charge in [-0.2, -0.15) is 0 Å². The van der Waals surface area contributed by atoms with E-state index in [9.17, 15) is 51.1 Å². The highest BCUT2D eigenvalue weighted by Crippen LogP contribution is 2.35. The van der Waals surface area contributed by atoms with E-state index in [0.717, 1.165) is 0 Å². The van der Waals surface area contributed by atoms with Crippen LogP contribution in [0.3, 0.4) is 0 Å². The highest BCUT2D eigenvalue weighted by Gasteiger charge is 2.54. The van der Waals surface area contributed by atoms with E-state index in [1.165, 1.54) is 0 Å². The molecule has 10 N–H and O–H groups in total. The Labute approximate surface area is 207 Å². The third-order valence-corrected chi connectivity index (χ3v) is 6.81. The van der Waals surface area contributed by atoms with Crippen LogP contribution >= 0.6 is 0 Å². The summed E-state index contributed by atoms with van der Waals surface area (Å²) >= 11 is 0. The summed E-state index contributed by atoms with van der Waals surface area (Å²) in [5, 5.41) is 101. The van der Waals surface area contributed by atoms with E-state index in [1.54, 1.807) is 13.8 Å². The predicted octanol–water partition coefficient (Wildman–Crippen LogP) is -5.87. The fourth-order valence-electron chi connectivity index (χ4n) is 4.62. The van der Waals surface area contributed by atoms with Gasteiger partial charge in [0.05, 0.1) is 25.9 Å². The van der Waals surface area contributed by atoms with Gasteiger partial charge in [-0.15, -0.1) is 0 Å². The molecule has 3 rings (SSSR count). The van der Waals surface area contributed by atoms with Crippen LogP contribution < -0.4 is 0 Å². The standard InChI is InChI=1S/C21H38O15/c1-6(2)17-19(36-21-16(31)14(29)11(26)8(4-23)34-21)18(12(27)9(5-24)32-17)35-20-15(30)13(28)10(25)7(3-22)33-20/h6-31H,3-5H2,1-2H3/t7-,8-,9-,10-,11-,12-,13+,14+,15-,16-,17?,18+,19+,20+,21+/m1/s1. The Morgan fingerprint density at radius 2 is 0.917 bits per heavy atom. The Kier molecular flexibility index (Phi) is 10.4. The normalized spacial score (nSPS) is 50.4. The lowest BCUT2D eigenvalue weighted by molar-refractivity contribution is -0.373. The Balaban J connectivity index is 1.90. The Morgan fingerprint density at radius 3 is 1.31 bits per heavy atom. The lowest BCUT2D eigenvalue weighted by Crippen LogP contribution is -2.67. The van der Waals surface area contributed by atoms with Crippen LogP contribution in [0.5, 0.6) is 0 Å². The van der Waals surface area contributed by atoms with Crippen LogP contribution in [-0.2, 0) is 23.7 Å². The van der Waals surface area contributed by atoms with Gasteiger partial charge in [-0.05, 0) is 5.92 Å². The molecular formula is C21H38O15. The number of hydrogen-bond donors (Lipinski definition) is 10. The second-order valence-corrected chi connectivity index (χ2v) is 9.65. The summed E-state index contributed by atoms with van der Waals surface area (Å²) in [4.78, 5) is 0. The highest BCUT2D eigenvalue weighted by molar-refractivity contribution is 4.99. The zero-order chi connectivity index (χ0) is 26.9. The van der Waals surface area contributed by atoms with Crippen molar-refractivity contribution in [3.63, 3.8) is 0 Å². The van der Waals surface area contributed by atoms with Crippen molar-refractivity contribution >= 4 is 0 Å². The van der Waals surface area contributed by atoms with Gasteiger partial charge in [0.25, 0.3) is 0 Å². The Hall–Kier alpha value is -0.600. The highest BCUT2D eigenvalue weighted by atomic mass is 16.7. The van der Waals surface area contributed by atoms with E-state index in [-0.39, 0.29) is 5.92 Å². The van der Waals surface area contributed by atoms with Gasteiger partial charge in [-0.3, -0.25) is 0 Å². The van der Waals surface area contributed by atoms with Crippen molar-refractivity contribution < 1.29 is 74.7 Å². The van der Waals surface area contributed by atoms with Gasteiger partial charge in [0.15, 0.2) is 12.6 Å². The summed E-state index contributed by atoms with van der Waals surface area (Å²) in [5.41, 5.74) is 0. The maximum absolute atomic E-state index is 10.9. The summed E-state index contributed by atoms with van der Waals surface area (Å²) in [6.07, 6.45) is -22.8. The molecular weight excluding hydrogens is 492 g/mol. The van der Waals surface area contributed by atoms with Gasteiger partial charge < -0.3 is 74.7 Å². The molecule has 0 aromatic rings. The van der Waals surface area contributed by atoms with E-state index in [2.05, 4.69) is 0 Å². The molecule has 3 aliphatic rings. The molecule has 0 amide bonds. The van der Waals surface area contributed by atoms with Gasteiger partial charge in [0.1, 0.15) is 73.2 Å². The monoisotopic (exact) mass is 530 g/mol. The number of ether oxygens (including phenoxy) is 5. The summed E-state index contributed by atoms with van der Waals surface area (Å²) in [6, 6.07) is 0. The van der Waals surface area contributed by atoms with Gasteiger partial charge in [0.2, 0.25) is 0 Å². The maximum Gasteiger partial charge on any atom is 0.187 e. The fraction of sp³-hybridized carbons (Fsp3) is 1.00. The third-order valence-electron chi connectivity index (χ3n) is 6.81. The summed E-state index contributed by atoms with van der Waals surface area (Å²) < 4.78 is 28.3. The van der Waals surface area contributed by atoms with Crippen LogP contribution in [0.4, 0.5) is 0 Å². The third kappa shape index (κ3) is 5.85. The second-order valence-electron chi connectivity index (χ2n) is 9.65. The minimum Gasteiger partial charge on any atom is -0.394 e. The van der Waals surface area contributed by atoms with E-state index >= 15 is 0 Å². The van der Waals surface area contributed by atoms with Gasteiger partial charge in [-0.25, -0.2) is 0 Å². The van der Waals surface area contributed by atoms with Crippen LogP contribution in [0, 0.1) is 5.92 Å². The molecule has 3 fully saturated rings. The average molecular weight is 531 g/mol. The molecule has 3 saturated heterocycles. The SMILES string of the molecule is CC(C)C1O[C@H](CO)[C@@H](O)[C@H](O[C@@H]2O[C@H](CO)[C@@H](O)[C@H](O)[C@H]2O)[C@H]1O[C@@H]1O[C@H](CO)[C@@H](O)[C@H](O)[C@H]1O. The van der Waals surface area contributed by atoms with Crippen LogP contribution in [0.25, 0.3) is 0 Å². The molecule has 0 aromatic heterocycles. The fourth-order valence-corrected chi connectivity index (χ4v) is 4.62. The smallest absolute Gasteiger partial charge is 0.187 e. The lowest BCUT2D eigenvalue weighted by atomic mass is 9.88. The lowest BCUT2D eigenvalue weighted by Gasteiger charge is -2.50. The number of aliphatic hydroxyl groups is 10. The topological polar surface area (TPSA) is 248 Å². The van der Waals surface area contributed by atoms with Gasteiger partial charge >= 0.3 is 0 Å². The number of hydrogen-bond acceptors (Lipinski definition) is 15. The molecule has 0 bridgehead atoms. The van der Waals surface area contributed by atoms with Crippen molar-refractivity contribution in [1.29, 1.82) is 0 Å². The van der Waals surface area contributed by atoms with Crippen molar-refractivity contribution in [3.8, 4) is 0 Å². The van der Waals surface area contributed by atoms with Crippen LogP contribution in [0.1, 0.15) is 13.8 Å². The summed E-state index contributed by atoms with van der Waals surface area (Å²) in [5.74, 6) is -0.345. The predicted molar refractivity (Wildman–Crippen MR) is 114 cm³/mol. The molecule has 36 heavy (non-hydrogen) atoms. The van der Waals surface area contributed by atoms with Crippen LogP contribution in [0.15, 0.2) is 0 Å². The summed E-state index contributed by atoms with van der Waals surface area (Å²) in [7, 11) is 0. The van der Waals surface area contributed by atoms with E-state index in [4.69, 9.17) is 23.7 Å². The first kappa shape index (κ1) is 29.9. The molecule has 0 saturated carbocycles. The van der Waals surface area contributed by atoms with E-state index in [1.807, 2.05) is 0 Å². The minimum absolute atomic E-state index is 0.345. The zero-order valence-corrected chi connectivity index (χ0v) is 19.9. The Morgan fingerprint density at radius 1 is 0.528 bits per heavy atom. The van der Waals surface area contributed by atoms with Crippen molar-refractivity contribution in [2.24, 2.45) is 5.92 Å². The molecule has 15 heteroatoms. The molecule has 3 aliphatic heterocycles. The second kappa shape index (κ2) is 12.5. The first-order chi connectivity index (χ1) is 17.0. The van der Waals surface area contributed by atoms with Gasteiger partial charge in [-0.1, -0.05) is 13.8 Å². The molecule has 0 aromatic carbocycles. The largest absolute Gasteiger partial charge is 0.394 e. The molecule has 3 heterocycles. The quantitative estimate of drug-likeness (QED) is 0.140. The van der Waals surface area contributed by atoms with Crippen LogP contribution in [-0.4, -0.2) is 163 Å².